The fraction of sp³-hybridized carbons (Fsp3) is 0.387. The number of rotatable bonds is 8. The number of halogens is 8. The summed E-state index contributed by atoms with van der Waals surface area (Å²) in [4.78, 5) is 31.0. The monoisotopic (exact) mass is 658 g/mol. The molecule has 0 radical (unpaired) electrons. The summed E-state index contributed by atoms with van der Waals surface area (Å²) in [5.41, 5.74) is -4.23. The van der Waals surface area contributed by atoms with E-state index in [1.807, 2.05) is 0 Å². The first-order valence-electron chi connectivity index (χ1n) is 14.3. The minimum atomic E-state index is -4.82. The Morgan fingerprint density at radius 1 is 1.02 bits per heavy atom. The Hall–Kier alpha value is -4.27. The van der Waals surface area contributed by atoms with Crippen molar-refractivity contribution in [3.8, 4) is 0 Å². The van der Waals surface area contributed by atoms with Crippen molar-refractivity contribution in [3.05, 3.63) is 93.7 Å². The van der Waals surface area contributed by atoms with Crippen molar-refractivity contribution in [1.82, 2.24) is 20.3 Å². The van der Waals surface area contributed by atoms with Crippen LogP contribution in [-0.2, 0) is 22.3 Å². The summed E-state index contributed by atoms with van der Waals surface area (Å²) >= 11 is 0. The molecule has 1 fully saturated rings. The van der Waals surface area contributed by atoms with E-state index in [4.69, 9.17) is 0 Å². The Morgan fingerprint density at radius 3 is 2.17 bits per heavy atom. The highest BCUT2D eigenvalue weighted by Gasteiger charge is 2.40. The van der Waals surface area contributed by atoms with Crippen molar-refractivity contribution in [2.45, 2.75) is 58.4 Å². The third kappa shape index (κ3) is 7.57. The number of aliphatic hydroxyl groups excluding tert-OH is 1. The molecule has 46 heavy (non-hydrogen) atoms. The van der Waals surface area contributed by atoms with Crippen molar-refractivity contribution in [3.63, 3.8) is 0 Å². The normalized spacial score (nSPS) is 18.3. The number of amides is 2. The molecule has 1 aromatic heterocycles. The number of pyridine rings is 1. The van der Waals surface area contributed by atoms with Gasteiger partial charge in [0.05, 0.1) is 6.54 Å². The number of allylic oxidation sites excluding steroid dienone is 5. The highest BCUT2D eigenvalue weighted by Crippen LogP contribution is 2.41. The summed E-state index contributed by atoms with van der Waals surface area (Å²) < 4.78 is 110. The van der Waals surface area contributed by atoms with Crippen molar-refractivity contribution in [1.29, 1.82) is 0 Å². The summed E-state index contributed by atoms with van der Waals surface area (Å²) in [6, 6.07) is 4.61. The molecule has 2 N–H and O–H groups in total. The van der Waals surface area contributed by atoms with E-state index >= 15 is 0 Å². The van der Waals surface area contributed by atoms with Crippen LogP contribution in [0.2, 0.25) is 0 Å². The van der Waals surface area contributed by atoms with Crippen molar-refractivity contribution in [2.24, 2.45) is 5.92 Å². The number of aliphatic hydroxyl groups is 1. The summed E-state index contributed by atoms with van der Waals surface area (Å²) in [5.74, 6) is -6.01. The van der Waals surface area contributed by atoms with Gasteiger partial charge in [-0.3, -0.25) is 19.6 Å². The van der Waals surface area contributed by atoms with Gasteiger partial charge < -0.3 is 10.4 Å². The standard InChI is InChI=1S/C31H30F8N4O3/c1-3-24(44)26(29(46)43(42-11-4-5-12-42)16-21-22(32)7-6-8-23(21)33)28(45)41-27-17(2)13-19(30(34,35)36)14-20(27)18-9-10-25(40-15-18)31(37,38)39/h6-10,14-15,17,44H,3-5,11-13,16H2,1-2H3,(H,41,45)/b26-24+. The Labute approximate surface area is 258 Å². The molecule has 2 heterocycles. The molecule has 15 heteroatoms. The van der Waals surface area contributed by atoms with Gasteiger partial charge in [0, 0.05) is 59.6 Å². The minimum Gasteiger partial charge on any atom is -0.511 e. The van der Waals surface area contributed by atoms with E-state index < -0.39 is 82.8 Å². The number of carbonyl (C=O) groups is 2. The van der Waals surface area contributed by atoms with Crippen LogP contribution in [0.1, 0.15) is 56.4 Å². The zero-order valence-electron chi connectivity index (χ0n) is 24.7. The molecule has 7 nitrogen and oxygen atoms in total. The molecule has 0 saturated carbocycles. The Kier molecular flexibility index (Phi) is 10.2. The van der Waals surface area contributed by atoms with Crippen LogP contribution >= 0.6 is 0 Å². The maximum absolute atomic E-state index is 14.6. The van der Waals surface area contributed by atoms with E-state index in [2.05, 4.69) is 10.3 Å². The molecule has 2 aliphatic rings. The van der Waals surface area contributed by atoms with E-state index in [1.54, 1.807) is 0 Å². The number of benzene rings is 1. The molecular formula is C31H30F8N4O3. The Morgan fingerprint density at radius 2 is 1.65 bits per heavy atom. The maximum atomic E-state index is 14.6. The smallest absolute Gasteiger partial charge is 0.433 e. The van der Waals surface area contributed by atoms with Gasteiger partial charge in [-0.25, -0.2) is 13.8 Å². The lowest BCUT2D eigenvalue weighted by Crippen LogP contribution is -2.48. The quantitative estimate of drug-likeness (QED) is 0.105. The second-order valence-corrected chi connectivity index (χ2v) is 10.9. The van der Waals surface area contributed by atoms with Crippen molar-refractivity contribution < 1.29 is 49.8 Å². The van der Waals surface area contributed by atoms with Gasteiger partial charge in [-0.1, -0.05) is 26.0 Å². The van der Waals surface area contributed by atoms with Crippen LogP contribution in [0.4, 0.5) is 35.1 Å². The number of alkyl halides is 6. The predicted molar refractivity (Wildman–Crippen MR) is 150 cm³/mol. The second-order valence-electron chi connectivity index (χ2n) is 10.9. The number of nitrogens with zero attached hydrogens (tertiary/aromatic N) is 3. The lowest BCUT2D eigenvalue weighted by atomic mass is 9.85. The third-order valence-electron chi connectivity index (χ3n) is 7.70. The summed E-state index contributed by atoms with van der Waals surface area (Å²) in [6.45, 7) is 2.72. The van der Waals surface area contributed by atoms with Crippen LogP contribution in [0.5, 0.6) is 0 Å². The van der Waals surface area contributed by atoms with E-state index in [0.717, 1.165) is 35.5 Å². The molecule has 0 bridgehead atoms. The van der Waals surface area contributed by atoms with Gasteiger partial charge in [0.15, 0.2) is 0 Å². The van der Waals surface area contributed by atoms with Gasteiger partial charge in [0.1, 0.15) is 28.7 Å². The first-order valence-corrected chi connectivity index (χ1v) is 14.3. The van der Waals surface area contributed by atoms with Crippen LogP contribution < -0.4 is 5.32 Å². The lowest BCUT2D eigenvalue weighted by Gasteiger charge is -2.33. The summed E-state index contributed by atoms with van der Waals surface area (Å²) in [6.07, 6.45) is -7.82. The molecule has 1 aliphatic carbocycles. The number of nitrogens with one attached hydrogen (secondary N) is 1. The largest absolute Gasteiger partial charge is 0.511 e. The van der Waals surface area contributed by atoms with Crippen LogP contribution in [0.3, 0.4) is 0 Å². The Balaban J connectivity index is 1.78. The average Bonchev–Trinajstić information content (AvgIpc) is 3.51. The molecule has 1 aromatic carbocycles. The number of hydrazine groups is 1. The molecule has 2 amide bonds. The third-order valence-corrected chi connectivity index (χ3v) is 7.70. The van der Waals surface area contributed by atoms with Crippen LogP contribution in [0.15, 0.2) is 65.2 Å². The fourth-order valence-electron chi connectivity index (χ4n) is 5.27. The Bertz CT molecular complexity index is 1550. The lowest BCUT2D eigenvalue weighted by molar-refractivity contribution is -0.146. The second kappa shape index (κ2) is 13.6. The van der Waals surface area contributed by atoms with Crippen molar-refractivity contribution in [2.75, 3.05) is 13.1 Å². The van der Waals surface area contributed by atoms with E-state index in [-0.39, 0.29) is 23.3 Å². The van der Waals surface area contributed by atoms with Crippen molar-refractivity contribution >= 4 is 17.4 Å². The van der Waals surface area contributed by atoms with E-state index in [9.17, 15) is 49.8 Å². The first kappa shape index (κ1) is 34.6. The zero-order valence-corrected chi connectivity index (χ0v) is 24.7. The molecule has 1 atom stereocenters. The van der Waals surface area contributed by atoms with Gasteiger partial charge in [-0.15, -0.1) is 0 Å². The molecule has 248 valence electrons. The molecule has 4 rings (SSSR count). The van der Waals surface area contributed by atoms with Crippen LogP contribution in [0, 0.1) is 17.6 Å². The number of hydrogen-bond donors (Lipinski definition) is 2. The fourth-order valence-corrected chi connectivity index (χ4v) is 5.27. The van der Waals surface area contributed by atoms with E-state index in [1.165, 1.54) is 18.9 Å². The van der Waals surface area contributed by atoms with Gasteiger partial charge in [-0.05, 0) is 43.5 Å². The zero-order chi connectivity index (χ0) is 34.0. The number of hydrogen-bond acceptors (Lipinski definition) is 5. The first-order chi connectivity index (χ1) is 21.5. The minimum absolute atomic E-state index is 0.165. The van der Waals surface area contributed by atoms with Gasteiger partial charge in [0.2, 0.25) is 0 Å². The predicted octanol–water partition coefficient (Wildman–Crippen LogP) is 7.00. The van der Waals surface area contributed by atoms with E-state index in [0.29, 0.717) is 38.1 Å². The number of aromatic nitrogens is 1. The molecule has 2 aromatic rings. The average molecular weight is 659 g/mol. The topological polar surface area (TPSA) is 85.8 Å². The summed E-state index contributed by atoms with van der Waals surface area (Å²) in [5, 5.41) is 15.6. The number of carbonyl (C=O) groups excluding carboxylic acids is 2. The van der Waals surface area contributed by atoms with Crippen LogP contribution in [-0.4, -0.2) is 51.2 Å². The maximum Gasteiger partial charge on any atom is 0.433 e. The highest BCUT2D eigenvalue weighted by atomic mass is 19.4. The molecular weight excluding hydrogens is 628 g/mol. The van der Waals surface area contributed by atoms with Gasteiger partial charge in [-0.2, -0.15) is 26.3 Å². The van der Waals surface area contributed by atoms with Gasteiger partial charge in [0.25, 0.3) is 11.8 Å². The van der Waals surface area contributed by atoms with Crippen LogP contribution in [0.25, 0.3) is 5.57 Å². The molecule has 1 unspecified atom stereocenters. The molecule has 0 spiro atoms. The molecule has 1 saturated heterocycles. The van der Waals surface area contributed by atoms with Gasteiger partial charge >= 0.3 is 12.4 Å². The summed E-state index contributed by atoms with van der Waals surface area (Å²) in [7, 11) is 0. The SMILES string of the molecule is CC/C(O)=C(/C(=O)NC1=C(c2ccc(C(F)(F)F)nc2)C=C(C(F)(F)F)CC1C)C(=O)N(Cc1c(F)cccc1F)N1CCCC1. The molecule has 1 aliphatic heterocycles. The highest BCUT2D eigenvalue weighted by molar-refractivity contribution is 6.19.